The number of Topliss-reactive ketones (excluding diaryl/α,β-unsaturated/α-hetero) is 1. The minimum atomic E-state index is -0.0700. The van der Waals surface area contributed by atoms with E-state index in [1.54, 1.807) is 24.5 Å². The van der Waals surface area contributed by atoms with Crippen LogP contribution in [0.5, 0.6) is 0 Å². The minimum Gasteiger partial charge on any atom is -0.463 e. The van der Waals surface area contributed by atoms with Crippen LogP contribution in [0.15, 0.2) is 35.2 Å². The second-order valence-corrected chi connectivity index (χ2v) is 3.78. The molecule has 0 fully saturated rings. The topological polar surface area (TPSA) is 56.0 Å². The fourth-order valence-electron chi connectivity index (χ4n) is 1.35. The summed E-state index contributed by atoms with van der Waals surface area (Å²) in [5.74, 6) is 0.578. The van der Waals surface area contributed by atoms with Gasteiger partial charge in [-0.3, -0.25) is 4.79 Å². The summed E-state index contributed by atoms with van der Waals surface area (Å²) in [5.41, 5.74) is 1.06. The molecular formula is C12H12N2O2. The Kier molecular flexibility index (Phi) is 2.81. The van der Waals surface area contributed by atoms with E-state index < -0.39 is 0 Å². The van der Waals surface area contributed by atoms with Gasteiger partial charge in [0, 0.05) is 5.92 Å². The Morgan fingerprint density at radius 2 is 2.19 bits per heavy atom. The molecule has 16 heavy (non-hydrogen) atoms. The molecule has 82 valence electrons. The molecule has 0 radical (unpaired) electrons. The number of hydrogen-bond donors (Lipinski definition) is 0. The van der Waals surface area contributed by atoms with Gasteiger partial charge < -0.3 is 4.42 Å². The predicted octanol–water partition coefficient (Wildman–Crippen LogP) is 2.58. The zero-order valence-electron chi connectivity index (χ0n) is 9.18. The third-order valence-corrected chi connectivity index (χ3v) is 2.22. The zero-order chi connectivity index (χ0) is 11.5. The van der Waals surface area contributed by atoms with E-state index in [1.165, 1.54) is 6.33 Å². The van der Waals surface area contributed by atoms with E-state index in [9.17, 15) is 4.79 Å². The van der Waals surface area contributed by atoms with Crippen molar-refractivity contribution in [1.29, 1.82) is 0 Å². The summed E-state index contributed by atoms with van der Waals surface area (Å²) >= 11 is 0. The second-order valence-electron chi connectivity index (χ2n) is 3.78. The number of carbonyl (C=O) groups excluding carboxylic acids is 1. The molecule has 0 saturated heterocycles. The fourth-order valence-corrected chi connectivity index (χ4v) is 1.35. The summed E-state index contributed by atoms with van der Waals surface area (Å²) in [6, 6.07) is 5.23. The maximum Gasteiger partial charge on any atom is 0.183 e. The fraction of sp³-hybridized carbons (Fsp3) is 0.250. The number of ketones is 1. The van der Waals surface area contributed by atoms with Crippen molar-refractivity contribution in [3.63, 3.8) is 0 Å². The molecule has 0 spiro atoms. The highest BCUT2D eigenvalue weighted by atomic mass is 16.3. The van der Waals surface area contributed by atoms with E-state index in [0.717, 1.165) is 0 Å². The molecule has 0 unspecified atom stereocenters. The first kappa shape index (κ1) is 10.5. The van der Waals surface area contributed by atoms with Crippen molar-refractivity contribution in [2.24, 2.45) is 5.92 Å². The highest BCUT2D eigenvalue weighted by Crippen LogP contribution is 2.18. The van der Waals surface area contributed by atoms with Gasteiger partial charge in [-0.15, -0.1) is 0 Å². The predicted molar refractivity (Wildman–Crippen MR) is 58.9 cm³/mol. The Hall–Kier alpha value is -1.97. The van der Waals surface area contributed by atoms with Crippen molar-refractivity contribution in [3.05, 3.63) is 36.5 Å². The van der Waals surface area contributed by atoms with Crippen molar-refractivity contribution in [3.8, 4) is 11.5 Å². The average Bonchev–Trinajstić information content (AvgIpc) is 2.81. The van der Waals surface area contributed by atoms with E-state index in [1.807, 2.05) is 13.8 Å². The lowest BCUT2D eigenvalue weighted by Crippen LogP contribution is -2.09. The molecule has 2 rings (SSSR count). The van der Waals surface area contributed by atoms with Crippen LogP contribution in [0, 0.1) is 5.92 Å². The molecule has 0 amide bonds. The van der Waals surface area contributed by atoms with Crippen LogP contribution < -0.4 is 0 Å². The van der Waals surface area contributed by atoms with Crippen LogP contribution in [0.4, 0.5) is 0 Å². The summed E-state index contributed by atoms with van der Waals surface area (Å²) in [7, 11) is 0. The first-order valence-corrected chi connectivity index (χ1v) is 5.08. The van der Waals surface area contributed by atoms with E-state index in [0.29, 0.717) is 17.1 Å². The molecule has 0 aliphatic carbocycles. The lowest BCUT2D eigenvalue weighted by molar-refractivity contribution is 0.0934. The quantitative estimate of drug-likeness (QED) is 0.740. The van der Waals surface area contributed by atoms with Crippen LogP contribution >= 0.6 is 0 Å². The molecule has 2 aromatic rings. The lowest BCUT2D eigenvalue weighted by atomic mass is 10.1. The van der Waals surface area contributed by atoms with Gasteiger partial charge in [0.05, 0.1) is 6.26 Å². The Morgan fingerprint density at radius 3 is 2.81 bits per heavy atom. The van der Waals surface area contributed by atoms with Crippen molar-refractivity contribution in [1.82, 2.24) is 9.97 Å². The van der Waals surface area contributed by atoms with Crippen molar-refractivity contribution < 1.29 is 9.21 Å². The summed E-state index contributed by atoms with van der Waals surface area (Å²) in [4.78, 5) is 19.8. The smallest absolute Gasteiger partial charge is 0.183 e. The number of aromatic nitrogens is 2. The number of carbonyl (C=O) groups is 1. The summed E-state index contributed by atoms with van der Waals surface area (Å²) in [6.45, 7) is 3.69. The van der Waals surface area contributed by atoms with E-state index >= 15 is 0 Å². The minimum absolute atomic E-state index is 0.00945. The van der Waals surface area contributed by atoms with Crippen LogP contribution in [-0.4, -0.2) is 15.8 Å². The largest absolute Gasteiger partial charge is 0.463 e. The summed E-state index contributed by atoms with van der Waals surface area (Å²) in [6.07, 6.45) is 2.95. The Bertz CT molecular complexity index is 489. The van der Waals surface area contributed by atoms with Gasteiger partial charge in [0.25, 0.3) is 0 Å². The average molecular weight is 216 g/mol. The molecule has 0 aliphatic rings. The van der Waals surface area contributed by atoms with Crippen LogP contribution in [0.3, 0.4) is 0 Å². The molecule has 0 atom stereocenters. The van der Waals surface area contributed by atoms with Crippen LogP contribution in [-0.2, 0) is 0 Å². The normalized spacial score (nSPS) is 10.7. The van der Waals surface area contributed by atoms with Gasteiger partial charge in [-0.25, -0.2) is 9.97 Å². The molecule has 0 saturated carbocycles. The van der Waals surface area contributed by atoms with Crippen LogP contribution in [0.2, 0.25) is 0 Å². The molecule has 0 aromatic carbocycles. The third-order valence-electron chi connectivity index (χ3n) is 2.22. The highest BCUT2D eigenvalue weighted by molar-refractivity contribution is 5.96. The maximum absolute atomic E-state index is 11.7. The Labute approximate surface area is 93.3 Å². The van der Waals surface area contributed by atoms with Gasteiger partial charge in [-0.2, -0.15) is 0 Å². The third kappa shape index (κ3) is 2.00. The number of hydrogen-bond acceptors (Lipinski definition) is 4. The molecule has 2 heterocycles. The SMILES string of the molecule is CC(C)C(=O)c1cc(-c2ccco2)ncn1. The molecule has 0 bridgehead atoms. The van der Waals surface area contributed by atoms with E-state index in [4.69, 9.17) is 4.42 Å². The zero-order valence-corrected chi connectivity index (χ0v) is 9.18. The molecule has 4 heteroatoms. The van der Waals surface area contributed by atoms with Gasteiger partial charge in [0.1, 0.15) is 17.7 Å². The number of rotatable bonds is 3. The first-order chi connectivity index (χ1) is 7.68. The van der Waals surface area contributed by atoms with Crippen molar-refractivity contribution in [2.45, 2.75) is 13.8 Å². The summed E-state index contributed by atoms with van der Waals surface area (Å²) in [5, 5.41) is 0. The maximum atomic E-state index is 11.7. The molecule has 4 nitrogen and oxygen atoms in total. The van der Waals surface area contributed by atoms with Crippen molar-refractivity contribution in [2.75, 3.05) is 0 Å². The number of nitrogens with zero attached hydrogens (tertiary/aromatic N) is 2. The summed E-state index contributed by atoms with van der Waals surface area (Å²) < 4.78 is 5.21. The lowest BCUT2D eigenvalue weighted by Gasteiger charge is -2.03. The van der Waals surface area contributed by atoms with Crippen LogP contribution in [0.25, 0.3) is 11.5 Å². The van der Waals surface area contributed by atoms with Gasteiger partial charge in [-0.1, -0.05) is 13.8 Å². The van der Waals surface area contributed by atoms with Gasteiger partial charge in [0.15, 0.2) is 11.5 Å². The Morgan fingerprint density at radius 1 is 1.38 bits per heavy atom. The second kappa shape index (κ2) is 4.26. The molecule has 2 aromatic heterocycles. The van der Waals surface area contributed by atoms with Gasteiger partial charge >= 0.3 is 0 Å². The number of furan rings is 1. The first-order valence-electron chi connectivity index (χ1n) is 5.08. The van der Waals surface area contributed by atoms with E-state index in [2.05, 4.69) is 9.97 Å². The van der Waals surface area contributed by atoms with Crippen molar-refractivity contribution >= 4 is 5.78 Å². The Balaban J connectivity index is 2.37. The van der Waals surface area contributed by atoms with E-state index in [-0.39, 0.29) is 11.7 Å². The standard InChI is InChI=1S/C12H12N2O2/c1-8(2)12(15)10-6-9(13-7-14-10)11-4-3-5-16-11/h3-8H,1-2H3. The molecule has 0 N–H and O–H groups in total. The van der Waals surface area contributed by atoms with Gasteiger partial charge in [-0.05, 0) is 18.2 Å². The van der Waals surface area contributed by atoms with Crippen LogP contribution in [0.1, 0.15) is 24.3 Å². The van der Waals surface area contributed by atoms with Gasteiger partial charge in [0.2, 0.25) is 0 Å². The monoisotopic (exact) mass is 216 g/mol. The highest BCUT2D eigenvalue weighted by Gasteiger charge is 2.13. The molecule has 0 aliphatic heterocycles. The molecular weight excluding hydrogens is 204 g/mol.